The van der Waals surface area contributed by atoms with Crippen molar-refractivity contribution in [1.29, 1.82) is 0 Å². The summed E-state index contributed by atoms with van der Waals surface area (Å²) in [6, 6.07) is 13.3. The summed E-state index contributed by atoms with van der Waals surface area (Å²) in [5.74, 6) is 0.295. The number of hydrogen-bond acceptors (Lipinski definition) is 2. The van der Waals surface area contributed by atoms with Crippen LogP contribution in [0.5, 0.6) is 11.5 Å². The topological polar surface area (TPSA) is 18.5 Å². The molecule has 3 rings (SSSR count). The van der Waals surface area contributed by atoms with Gasteiger partial charge in [-0.25, -0.2) is 0 Å². The third-order valence-electron chi connectivity index (χ3n) is 3.49. The Bertz CT molecular complexity index is 775. The number of methoxy groups -OCH3 is 2. The van der Waals surface area contributed by atoms with Gasteiger partial charge in [-0.15, -0.1) is 0 Å². The van der Waals surface area contributed by atoms with Crippen molar-refractivity contribution in [2.45, 2.75) is 0 Å². The average molecular weight is 379 g/mol. The van der Waals surface area contributed by atoms with Crippen LogP contribution in [0.1, 0.15) is 0 Å². The van der Waals surface area contributed by atoms with Crippen LogP contribution in [0.4, 0.5) is 8.78 Å². The molecule has 2 nitrogen and oxygen atoms in total. The summed E-state index contributed by atoms with van der Waals surface area (Å²) in [7, 11) is 3.00. The van der Waals surface area contributed by atoms with Crippen molar-refractivity contribution in [2.24, 2.45) is 0 Å². The van der Waals surface area contributed by atoms with E-state index in [4.69, 9.17) is 9.47 Å². The van der Waals surface area contributed by atoms with E-state index >= 15 is 0 Å². The van der Waals surface area contributed by atoms with Crippen LogP contribution in [0, 0.1) is 11.6 Å². The Labute approximate surface area is 139 Å². The second kappa shape index (κ2) is 6.57. The monoisotopic (exact) mass is 380 g/mol. The summed E-state index contributed by atoms with van der Waals surface area (Å²) in [6.07, 6.45) is 0. The van der Waals surface area contributed by atoms with E-state index in [0.717, 1.165) is 8.87 Å². The quantitative estimate of drug-likeness (QED) is 0.627. The van der Waals surface area contributed by atoms with Gasteiger partial charge >= 0.3 is 139 Å². The minimum atomic E-state index is -0.331. The summed E-state index contributed by atoms with van der Waals surface area (Å²) in [4.78, 5) is 0. The standard InChI is InChI=1S/C18H14F2O2Se/c1-21-11-3-5-13(15(19)9-11)17-7-8-18(23-17)14-6-4-12(22-2)10-16(14)20/h3-10H,1-2H3. The molecule has 23 heavy (non-hydrogen) atoms. The molecule has 0 unspecified atom stereocenters. The summed E-state index contributed by atoms with van der Waals surface area (Å²) in [5.41, 5.74) is 1.07. The molecule has 3 aromatic rings. The van der Waals surface area contributed by atoms with Gasteiger partial charge in [0.2, 0.25) is 0 Å². The van der Waals surface area contributed by atoms with Gasteiger partial charge in [-0.2, -0.15) is 0 Å². The van der Waals surface area contributed by atoms with Crippen molar-refractivity contribution >= 4 is 14.5 Å². The Morgan fingerprint density at radius 3 is 1.48 bits per heavy atom. The van der Waals surface area contributed by atoms with Crippen LogP contribution in [0.25, 0.3) is 20.0 Å². The number of rotatable bonds is 4. The van der Waals surface area contributed by atoms with Crippen LogP contribution in [-0.2, 0) is 0 Å². The zero-order valence-corrected chi connectivity index (χ0v) is 14.3. The Kier molecular flexibility index (Phi) is 4.51. The van der Waals surface area contributed by atoms with Gasteiger partial charge in [-0.3, -0.25) is 0 Å². The molecule has 0 aliphatic heterocycles. The van der Waals surface area contributed by atoms with Crippen LogP contribution >= 0.6 is 0 Å². The Balaban J connectivity index is 1.97. The fourth-order valence-corrected chi connectivity index (χ4v) is 4.50. The second-order valence-corrected chi connectivity index (χ2v) is 7.13. The van der Waals surface area contributed by atoms with Gasteiger partial charge in [0.25, 0.3) is 0 Å². The van der Waals surface area contributed by atoms with E-state index in [2.05, 4.69) is 0 Å². The fraction of sp³-hybridized carbons (Fsp3) is 0.111. The van der Waals surface area contributed by atoms with E-state index in [0.29, 0.717) is 22.6 Å². The molecule has 1 aromatic heterocycles. The number of ether oxygens (including phenoxy) is 2. The van der Waals surface area contributed by atoms with E-state index in [1.54, 1.807) is 24.3 Å². The van der Waals surface area contributed by atoms with Crippen LogP contribution in [0.15, 0.2) is 48.5 Å². The molecule has 118 valence electrons. The molecule has 0 saturated carbocycles. The summed E-state index contributed by atoms with van der Waals surface area (Å²) >= 11 is -0.162. The Morgan fingerprint density at radius 1 is 0.696 bits per heavy atom. The van der Waals surface area contributed by atoms with Gasteiger partial charge in [0, 0.05) is 0 Å². The van der Waals surface area contributed by atoms with E-state index in [-0.39, 0.29) is 26.1 Å². The van der Waals surface area contributed by atoms with Crippen molar-refractivity contribution in [3.8, 4) is 31.5 Å². The maximum atomic E-state index is 14.2. The van der Waals surface area contributed by atoms with Crippen molar-refractivity contribution in [3.05, 3.63) is 60.2 Å². The number of benzene rings is 2. The molecule has 0 aliphatic rings. The molecule has 2 aromatic carbocycles. The fourth-order valence-electron chi connectivity index (χ4n) is 2.27. The second-order valence-electron chi connectivity index (χ2n) is 4.86. The van der Waals surface area contributed by atoms with Gasteiger partial charge in [0.1, 0.15) is 0 Å². The molecule has 0 saturated heterocycles. The molecule has 0 spiro atoms. The molecular weight excluding hydrogens is 365 g/mol. The summed E-state index contributed by atoms with van der Waals surface area (Å²) < 4.78 is 40.1. The zero-order valence-electron chi connectivity index (χ0n) is 12.6. The molecule has 0 atom stereocenters. The molecule has 0 amide bonds. The third kappa shape index (κ3) is 3.16. The van der Waals surface area contributed by atoms with E-state index in [1.165, 1.54) is 26.4 Å². The SMILES string of the molecule is COc1ccc(-c2ccc(-c3ccc(OC)cc3F)[se]2)c(F)c1. The molecule has 0 bridgehead atoms. The molecule has 0 N–H and O–H groups in total. The van der Waals surface area contributed by atoms with Gasteiger partial charge in [-0.1, -0.05) is 0 Å². The van der Waals surface area contributed by atoms with Gasteiger partial charge in [0.15, 0.2) is 0 Å². The predicted molar refractivity (Wildman–Crippen MR) is 87.3 cm³/mol. The first kappa shape index (κ1) is 15.8. The molecule has 0 fully saturated rings. The minimum absolute atomic E-state index is 0.162. The van der Waals surface area contributed by atoms with E-state index in [9.17, 15) is 8.78 Å². The average Bonchev–Trinajstić information content (AvgIpc) is 3.03. The molecule has 0 radical (unpaired) electrons. The van der Waals surface area contributed by atoms with Gasteiger partial charge in [-0.05, 0) is 0 Å². The first-order valence-electron chi connectivity index (χ1n) is 6.90. The van der Waals surface area contributed by atoms with Crippen LogP contribution in [0.3, 0.4) is 0 Å². The van der Waals surface area contributed by atoms with Crippen molar-refractivity contribution < 1.29 is 18.3 Å². The molecule has 5 heteroatoms. The summed E-state index contributed by atoms with van der Waals surface area (Å²) in [6.45, 7) is 0. The predicted octanol–water partition coefficient (Wildman–Crippen LogP) is 4.37. The van der Waals surface area contributed by atoms with Gasteiger partial charge < -0.3 is 0 Å². The van der Waals surface area contributed by atoms with Crippen LogP contribution in [0.2, 0.25) is 0 Å². The molecular formula is C18H14F2O2Se. The van der Waals surface area contributed by atoms with Crippen LogP contribution < -0.4 is 9.47 Å². The summed E-state index contributed by atoms with van der Waals surface area (Å²) in [5, 5.41) is 0. The Morgan fingerprint density at radius 2 is 1.13 bits per heavy atom. The number of hydrogen-bond donors (Lipinski definition) is 0. The van der Waals surface area contributed by atoms with Gasteiger partial charge in [0.05, 0.1) is 0 Å². The molecule has 0 aliphatic carbocycles. The zero-order chi connectivity index (χ0) is 16.4. The third-order valence-corrected chi connectivity index (χ3v) is 5.91. The Hall–Kier alpha value is -2.10. The maximum absolute atomic E-state index is 14.2. The van der Waals surface area contributed by atoms with Crippen LogP contribution in [-0.4, -0.2) is 28.7 Å². The van der Waals surface area contributed by atoms with Crippen molar-refractivity contribution in [2.75, 3.05) is 14.2 Å². The normalized spacial score (nSPS) is 10.6. The van der Waals surface area contributed by atoms with E-state index in [1.807, 2.05) is 12.1 Å². The van der Waals surface area contributed by atoms with Crippen molar-refractivity contribution in [3.63, 3.8) is 0 Å². The molecule has 1 heterocycles. The first-order valence-corrected chi connectivity index (χ1v) is 8.61. The van der Waals surface area contributed by atoms with E-state index < -0.39 is 0 Å². The first-order chi connectivity index (χ1) is 11.1. The number of halogens is 2. The van der Waals surface area contributed by atoms with Crippen molar-refractivity contribution in [1.82, 2.24) is 0 Å².